The van der Waals surface area contributed by atoms with Gasteiger partial charge in [-0.2, -0.15) is 4.31 Å². The van der Waals surface area contributed by atoms with E-state index in [2.05, 4.69) is 6.07 Å². The van der Waals surface area contributed by atoms with E-state index < -0.39 is 10.0 Å². The van der Waals surface area contributed by atoms with E-state index in [4.69, 9.17) is 0 Å². The highest BCUT2D eigenvalue weighted by Gasteiger charge is 2.34. The fourth-order valence-electron chi connectivity index (χ4n) is 4.53. The molecule has 7 heteroatoms. The second-order valence-corrected chi connectivity index (χ2v) is 11.0. The van der Waals surface area contributed by atoms with E-state index in [1.807, 2.05) is 43.3 Å². The molecule has 3 aromatic rings. The summed E-state index contributed by atoms with van der Waals surface area (Å²) in [7, 11) is -3.76. The van der Waals surface area contributed by atoms with Gasteiger partial charge in [-0.05, 0) is 60.4 Å². The van der Waals surface area contributed by atoms with Gasteiger partial charge in [0.25, 0.3) is 5.91 Å². The minimum Gasteiger partial charge on any atom is -0.307 e. The quantitative estimate of drug-likeness (QED) is 0.592. The number of carbonyl (C=O) groups is 1. The zero-order valence-electron chi connectivity index (χ0n) is 17.4. The first-order chi connectivity index (χ1) is 14.9. The van der Waals surface area contributed by atoms with Crippen molar-refractivity contribution in [2.75, 3.05) is 18.0 Å². The van der Waals surface area contributed by atoms with Crippen LogP contribution in [-0.4, -0.2) is 31.7 Å². The predicted molar refractivity (Wildman–Crippen MR) is 123 cm³/mol. The second kappa shape index (κ2) is 7.89. The standard InChI is InChI=1S/C24H24N2O3S2/c1-17-8-9-21-19(15-17)7-4-12-26(21)24(27)23-22(11-14-30-23)31(28,29)25-13-10-18-5-2-3-6-20(18)16-25/h2-3,5-6,8-9,11,14-15H,4,7,10,12-13,16H2,1H3. The number of thiophene rings is 1. The van der Waals surface area contributed by atoms with E-state index in [9.17, 15) is 13.2 Å². The normalized spacial score (nSPS) is 16.6. The maximum absolute atomic E-state index is 13.5. The Hall–Kier alpha value is -2.48. The van der Waals surface area contributed by atoms with E-state index in [-0.39, 0.29) is 10.8 Å². The van der Waals surface area contributed by atoms with Crippen molar-refractivity contribution in [3.05, 3.63) is 81.0 Å². The van der Waals surface area contributed by atoms with Gasteiger partial charge in [-0.1, -0.05) is 42.0 Å². The number of benzene rings is 2. The number of aryl methyl sites for hydroxylation is 2. The van der Waals surface area contributed by atoms with Crippen LogP contribution in [0.4, 0.5) is 5.69 Å². The molecule has 0 bridgehead atoms. The first-order valence-electron chi connectivity index (χ1n) is 10.5. The molecule has 2 aromatic carbocycles. The number of amides is 1. The van der Waals surface area contributed by atoms with Crippen molar-refractivity contribution in [2.45, 2.75) is 37.6 Å². The fourth-order valence-corrected chi connectivity index (χ4v) is 7.29. The summed E-state index contributed by atoms with van der Waals surface area (Å²) in [5.74, 6) is -0.226. The molecular weight excluding hydrogens is 428 g/mol. The summed E-state index contributed by atoms with van der Waals surface area (Å²) in [6, 6.07) is 15.6. The molecule has 0 saturated heterocycles. The topological polar surface area (TPSA) is 57.7 Å². The first-order valence-corrected chi connectivity index (χ1v) is 12.8. The summed E-state index contributed by atoms with van der Waals surface area (Å²) in [4.78, 5) is 15.7. The number of hydrogen-bond acceptors (Lipinski definition) is 4. The van der Waals surface area contributed by atoms with Crippen molar-refractivity contribution in [3.63, 3.8) is 0 Å². The molecule has 0 radical (unpaired) electrons. The lowest BCUT2D eigenvalue weighted by Crippen LogP contribution is -2.38. The monoisotopic (exact) mass is 452 g/mol. The maximum Gasteiger partial charge on any atom is 0.269 e. The van der Waals surface area contributed by atoms with Crippen LogP contribution in [0.2, 0.25) is 0 Å². The first kappa shape index (κ1) is 20.4. The van der Waals surface area contributed by atoms with Crippen LogP contribution in [0.1, 0.15) is 38.3 Å². The molecule has 0 N–H and O–H groups in total. The Bertz CT molecular complexity index is 1260. The van der Waals surface area contributed by atoms with E-state index in [0.717, 1.165) is 35.2 Å². The van der Waals surface area contributed by atoms with Crippen LogP contribution < -0.4 is 4.90 Å². The van der Waals surface area contributed by atoms with Gasteiger partial charge in [0.05, 0.1) is 0 Å². The van der Waals surface area contributed by atoms with Crippen molar-refractivity contribution in [3.8, 4) is 0 Å². The van der Waals surface area contributed by atoms with Gasteiger partial charge in [0, 0.05) is 25.3 Å². The van der Waals surface area contributed by atoms with Gasteiger partial charge in [0.15, 0.2) is 0 Å². The number of sulfonamides is 1. The largest absolute Gasteiger partial charge is 0.307 e. The van der Waals surface area contributed by atoms with Crippen molar-refractivity contribution in [2.24, 2.45) is 0 Å². The molecule has 5 rings (SSSR count). The van der Waals surface area contributed by atoms with Gasteiger partial charge in [-0.15, -0.1) is 11.3 Å². The Morgan fingerprint density at radius 2 is 1.77 bits per heavy atom. The molecule has 160 valence electrons. The summed E-state index contributed by atoms with van der Waals surface area (Å²) in [6.45, 7) is 3.41. The molecule has 0 spiro atoms. The lowest BCUT2D eigenvalue weighted by molar-refractivity contribution is 0.0986. The van der Waals surface area contributed by atoms with Crippen molar-refractivity contribution >= 4 is 33.0 Å². The molecule has 0 unspecified atom stereocenters. The average molecular weight is 453 g/mol. The highest BCUT2D eigenvalue weighted by molar-refractivity contribution is 7.89. The molecule has 0 aliphatic carbocycles. The minimum atomic E-state index is -3.76. The molecule has 0 atom stereocenters. The predicted octanol–water partition coefficient (Wildman–Crippen LogP) is 4.40. The molecule has 0 saturated carbocycles. The third-order valence-corrected chi connectivity index (χ3v) is 9.05. The molecule has 0 fully saturated rings. The van der Waals surface area contributed by atoms with E-state index in [1.165, 1.54) is 21.2 Å². The van der Waals surface area contributed by atoms with Gasteiger partial charge in [-0.25, -0.2) is 8.42 Å². The second-order valence-electron chi connectivity index (χ2n) is 8.16. The smallest absolute Gasteiger partial charge is 0.269 e. The summed E-state index contributed by atoms with van der Waals surface area (Å²) in [6.07, 6.45) is 2.49. The average Bonchev–Trinajstić information content (AvgIpc) is 3.28. The van der Waals surface area contributed by atoms with Gasteiger partial charge < -0.3 is 4.90 Å². The van der Waals surface area contributed by atoms with Crippen molar-refractivity contribution in [1.82, 2.24) is 4.31 Å². The van der Waals surface area contributed by atoms with Gasteiger partial charge >= 0.3 is 0 Å². The lowest BCUT2D eigenvalue weighted by atomic mass is 9.99. The van der Waals surface area contributed by atoms with Crippen LogP contribution in [0.5, 0.6) is 0 Å². The van der Waals surface area contributed by atoms with Gasteiger partial charge in [0.2, 0.25) is 10.0 Å². The van der Waals surface area contributed by atoms with E-state index in [1.54, 1.807) is 16.3 Å². The van der Waals surface area contributed by atoms with Crippen LogP contribution in [-0.2, 0) is 29.4 Å². The molecular formula is C24H24N2O3S2. The van der Waals surface area contributed by atoms with Crippen molar-refractivity contribution < 1.29 is 13.2 Å². The number of fused-ring (bicyclic) bond motifs is 2. The van der Waals surface area contributed by atoms with E-state index in [0.29, 0.717) is 30.9 Å². The Morgan fingerprint density at radius 1 is 0.968 bits per heavy atom. The number of carbonyl (C=O) groups excluding carboxylic acids is 1. The zero-order valence-corrected chi connectivity index (χ0v) is 19.0. The third kappa shape index (κ3) is 3.60. The Morgan fingerprint density at radius 3 is 2.61 bits per heavy atom. The number of rotatable bonds is 3. The fraction of sp³-hybridized carbons (Fsp3) is 0.292. The summed E-state index contributed by atoms with van der Waals surface area (Å²) < 4.78 is 28.5. The minimum absolute atomic E-state index is 0.126. The molecule has 31 heavy (non-hydrogen) atoms. The Kier molecular flexibility index (Phi) is 5.20. The number of hydrogen-bond donors (Lipinski definition) is 0. The van der Waals surface area contributed by atoms with Crippen LogP contribution in [0.3, 0.4) is 0 Å². The maximum atomic E-state index is 13.5. The number of nitrogens with zero attached hydrogens (tertiary/aromatic N) is 2. The SMILES string of the molecule is Cc1ccc2c(c1)CCCN2C(=O)c1sccc1S(=O)(=O)N1CCc2ccccc2C1. The molecule has 5 nitrogen and oxygen atoms in total. The van der Waals surface area contributed by atoms with Crippen LogP contribution in [0.25, 0.3) is 0 Å². The summed E-state index contributed by atoms with van der Waals surface area (Å²) >= 11 is 1.21. The molecule has 3 heterocycles. The highest BCUT2D eigenvalue weighted by Crippen LogP contribution is 2.34. The van der Waals surface area contributed by atoms with Crippen molar-refractivity contribution in [1.29, 1.82) is 0 Å². The molecule has 2 aliphatic rings. The van der Waals surface area contributed by atoms with Crippen LogP contribution in [0.15, 0.2) is 58.8 Å². The Balaban J connectivity index is 1.47. The van der Waals surface area contributed by atoms with Crippen LogP contribution >= 0.6 is 11.3 Å². The third-order valence-electron chi connectivity index (χ3n) is 6.14. The number of anilines is 1. The van der Waals surface area contributed by atoms with Gasteiger partial charge in [0.1, 0.15) is 9.77 Å². The van der Waals surface area contributed by atoms with Crippen LogP contribution in [0, 0.1) is 6.92 Å². The summed E-state index contributed by atoms with van der Waals surface area (Å²) in [5.41, 5.74) is 5.42. The highest BCUT2D eigenvalue weighted by atomic mass is 32.2. The lowest BCUT2D eigenvalue weighted by Gasteiger charge is -2.31. The molecule has 2 aliphatic heterocycles. The Labute approximate surface area is 187 Å². The van der Waals surface area contributed by atoms with Gasteiger partial charge in [-0.3, -0.25) is 4.79 Å². The molecule has 1 amide bonds. The van der Waals surface area contributed by atoms with E-state index >= 15 is 0 Å². The summed E-state index contributed by atoms with van der Waals surface area (Å²) in [5, 5.41) is 1.71. The zero-order chi connectivity index (χ0) is 21.6. The molecule has 1 aromatic heterocycles.